The Bertz CT molecular complexity index is 230. The molecule has 15 heavy (non-hydrogen) atoms. The molecule has 2 N–H and O–H groups in total. The van der Waals surface area contributed by atoms with Crippen LogP contribution >= 0.6 is 0 Å². The number of hydrogen-bond donors (Lipinski definition) is 2. The first-order valence-corrected chi connectivity index (χ1v) is 5.34. The summed E-state index contributed by atoms with van der Waals surface area (Å²) in [5.41, 5.74) is -0.221. The van der Waals surface area contributed by atoms with Crippen molar-refractivity contribution < 1.29 is 4.79 Å². The summed E-state index contributed by atoms with van der Waals surface area (Å²) in [6.45, 7) is 5.10. The Labute approximate surface area is 92.0 Å². The number of amides is 1. The number of hydrogen-bond acceptors (Lipinski definition) is 3. The van der Waals surface area contributed by atoms with E-state index in [4.69, 9.17) is 5.26 Å². The summed E-state index contributed by atoms with van der Waals surface area (Å²) >= 11 is 0. The molecule has 0 atom stereocenters. The molecule has 0 aromatic heterocycles. The van der Waals surface area contributed by atoms with Crippen LogP contribution in [-0.2, 0) is 4.79 Å². The van der Waals surface area contributed by atoms with Crippen molar-refractivity contribution in [1.29, 1.82) is 5.26 Å². The van der Waals surface area contributed by atoms with Crippen LogP contribution in [0.5, 0.6) is 0 Å². The van der Waals surface area contributed by atoms with Crippen LogP contribution in [0.15, 0.2) is 0 Å². The van der Waals surface area contributed by atoms with Crippen molar-refractivity contribution in [3.05, 3.63) is 0 Å². The van der Waals surface area contributed by atoms with Crippen molar-refractivity contribution in [2.24, 2.45) is 5.41 Å². The SMILES string of the molecule is CNC(=O)CNCCCCC(C)(C)C#N. The number of nitriles is 1. The molecular weight excluding hydrogens is 190 g/mol. The fraction of sp³-hybridized carbons (Fsp3) is 0.818. The first-order valence-electron chi connectivity index (χ1n) is 5.34. The lowest BCUT2D eigenvalue weighted by atomic mass is 9.89. The second-order valence-corrected chi connectivity index (χ2v) is 4.30. The maximum absolute atomic E-state index is 10.8. The van der Waals surface area contributed by atoms with E-state index in [-0.39, 0.29) is 11.3 Å². The van der Waals surface area contributed by atoms with E-state index < -0.39 is 0 Å². The first-order chi connectivity index (χ1) is 7.02. The molecule has 0 aliphatic carbocycles. The maximum atomic E-state index is 10.8. The lowest BCUT2D eigenvalue weighted by Gasteiger charge is -2.14. The number of rotatable bonds is 7. The summed E-state index contributed by atoms with van der Waals surface area (Å²) in [6.07, 6.45) is 2.93. The van der Waals surface area contributed by atoms with Gasteiger partial charge < -0.3 is 10.6 Å². The summed E-state index contributed by atoms with van der Waals surface area (Å²) in [4.78, 5) is 10.8. The molecule has 0 aliphatic rings. The van der Waals surface area contributed by atoms with Crippen LogP contribution in [0.1, 0.15) is 33.1 Å². The van der Waals surface area contributed by atoms with Gasteiger partial charge in [-0.15, -0.1) is 0 Å². The smallest absolute Gasteiger partial charge is 0.233 e. The third-order valence-corrected chi connectivity index (χ3v) is 2.27. The van der Waals surface area contributed by atoms with E-state index in [0.717, 1.165) is 25.8 Å². The number of likely N-dealkylation sites (N-methyl/N-ethyl adjacent to an activating group) is 1. The fourth-order valence-corrected chi connectivity index (χ4v) is 1.16. The van der Waals surface area contributed by atoms with Crippen molar-refractivity contribution in [1.82, 2.24) is 10.6 Å². The minimum absolute atomic E-state index is 0.00681. The molecule has 0 bridgehead atoms. The number of nitrogens with one attached hydrogen (secondary N) is 2. The fourth-order valence-electron chi connectivity index (χ4n) is 1.16. The number of nitrogens with zero attached hydrogens (tertiary/aromatic N) is 1. The quantitative estimate of drug-likeness (QED) is 0.618. The van der Waals surface area contributed by atoms with Gasteiger partial charge in [0, 0.05) is 7.05 Å². The van der Waals surface area contributed by atoms with Crippen LogP contribution in [0.25, 0.3) is 0 Å². The topological polar surface area (TPSA) is 64.9 Å². The van der Waals surface area contributed by atoms with Gasteiger partial charge in [0.15, 0.2) is 0 Å². The normalized spacial score (nSPS) is 10.8. The van der Waals surface area contributed by atoms with Gasteiger partial charge in [-0.05, 0) is 33.2 Å². The Balaban J connectivity index is 3.34. The third kappa shape index (κ3) is 7.95. The van der Waals surface area contributed by atoms with Crippen molar-refractivity contribution in [3.63, 3.8) is 0 Å². The molecule has 0 radical (unpaired) electrons. The molecule has 4 heteroatoms. The maximum Gasteiger partial charge on any atom is 0.233 e. The van der Waals surface area contributed by atoms with E-state index in [0.29, 0.717) is 6.54 Å². The van der Waals surface area contributed by atoms with Crippen LogP contribution < -0.4 is 10.6 Å². The van der Waals surface area contributed by atoms with E-state index in [1.807, 2.05) is 13.8 Å². The lowest BCUT2D eigenvalue weighted by molar-refractivity contribution is -0.119. The van der Waals surface area contributed by atoms with Crippen LogP contribution in [0, 0.1) is 16.7 Å². The van der Waals surface area contributed by atoms with Crippen molar-refractivity contribution in [2.45, 2.75) is 33.1 Å². The molecule has 0 aliphatic heterocycles. The van der Waals surface area contributed by atoms with Crippen molar-refractivity contribution >= 4 is 5.91 Å². The Morgan fingerprint density at radius 2 is 2.07 bits per heavy atom. The van der Waals surface area contributed by atoms with E-state index in [2.05, 4.69) is 16.7 Å². The summed E-state index contributed by atoms with van der Waals surface area (Å²) in [5.74, 6) is 0.00681. The molecule has 86 valence electrons. The minimum atomic E-state index is -0.221. The van der Waals surface area contributed by atoms with Gasteiger partial charge in [-0.25, -0.2) is 0 Å². The molecule has 1 amide bonds. The van der Waals surface area contributed by atoms with Crippen molar-refractivity contribution in [2.75, 3.05) is 20.1 Å². The highest BCUT2D eigenvalue weighted by Gasteiger charge is 2.15. The highest BCUT2D eigenvalue weighted by Crippen LogP contribution is 2.21. The average Bonchev–Trinajstić information content (AvgIpc) is 2.22. The van der Waals surface area contributed by atoms with E-state index >= 15 is 0 Å². The van der Waals surface area contributed by atoms with E-state index in [1.165, 1.54) is 0 Å². The Hall–Kier alpha value is -1.08. The molecule has 0 spiro atoms. The molecule has 4 nitrogen and oxygen atoms in total. The second-order valence-electron chi connectivity index (χ2n) is 4.30. The van der Waals surface area contributed by atoms with Gasteiger partial charge in [-0.1, -0.05) is 6.42 Å². The molecule has 0 aromatic carbocycles. The monoisotopic (exact) mass is 211 g/mol. The lowest BCUT2D eigenvalue weighted by Crippen LogP contribution is -2.31. The van der Waals surface area contributed by atoms with Gasteiger partial charge >= 0.3 is 0 Å². The Kier molecular flexibility index (Phi) is 6.72. The molecule has 0 aromatic rings. The summed E-state index contributed by atoms with van der Waals surface area (Å²) < 4.78 is 0. The van der Waals surface area contributed by atoms with Gasteiger partial charge in [-0.3, -0.25) is 4.79 Å². The highest BCUT2D eigenvalue weighted by molar-refractivity contribution is 5.77. The van der Waals surface area contributed by atoms with Crippen molar-refractivity contribution in [3.8, 4) is 6.07 Å². The van der Waals surface area contributed by atoms with Crippen LogP contribution in [0.2, 0.25) is 0 Å². The molecule has 0 rings (SSSR count). The largest absolute Gasteiger partial charge is 0.358 e. The van der Waals surface area contributed by atoms with Gasteiger partial charge in [0.2, 0.25) is 5.91 Å². The molecule has 0 heterocycles. The van der Waals surface area contributed by atoms with Gasteiger partial charge in [0.1, 0.15) is 0 Å². The highest BCUT2D eigenvalue weighted by atomic mass is 16.1. The zero-order valence-corrected chi connectivity index (χ0v) is 9.89. The summed E-state index contributed by atoms with van der Waals surface area (Å²) in [6, 6.07) is 2.28. The summed E-state index contributed by atoms with van der Waals surface area (Å²) in [5, 5.41) is 14.4. The molecular formula is C11H21N3O. The predicted octanol–water partition coefficient (Wildman–Crippen LogP) is 1.04. The van der Waals surface area contributed by atoms with Crippen LogP contribution in [-0.4, -0.2) is 26.0 Å². The zero-order chi connectivity index (χ0) is 11.7. The number of carbonyl (C=O) groups is 1. The Morgan fingerprint density at radius 1 is 1.40 bits per heavy atom. The van der Waals surface area contributed by atoms with Gasteiger partial charge in [0.05, 0.1) is 18.0 Å². The van der Waals surface area contributed by atoms with E-state index in [1.54, 1.807) is 7.05 Å². The minimum Gasteiger partial charge on any atom is -0.358 e. The average molecular weight is 211 g/mol. The number of unbranched alkanes of at least 4 members (excludes halogenated alkanes) is 1. The molecule has 0 unspecified atom stereocenters. The molecule has 0 saturated carbocycles. The van der Waals surface area contributed by atoms with Crippen LogP contribution in [0.3, 0.4) is 0 Å². The third-order valence-electron chi connectivity index (χ3n) is 2.27. The second kappa shape index (κ2) is 7.24. The first kappa shape index (κ1) is 13.9. The zero-order valence-electron chi connectivity index (χ0n) is 9.89. The van der Waals surface area contributed by atoms with Gasteiger partial charge in [0.25, 0.3) is 0 Å². The van der Waals surface area contributed by atoms with E-state index in [9.17, 15) is 4.79 Å². The van der Waals surface area contributed by atoms with Gasteiger partial charge in [-0.2, -0.15) is 5.26 Å². The molecule has 0 saturated heterocycles. The number of carbonyl (C=O) groups excluding carboxylic acids is 1. The summed E-state index contributed by atoms with van der Waals surface area (Å²) in [7, 11) is 1.62. The predicted molar refractivity (Wildman–Crippen MR) is 60.2 cm³/mol. The van der Waals surface area contributed by atoms with Crippen LogP contribution in [0.4, 0.5) is 0 Å². The molecule has 0 fully saturated rings. The standard InChI is InChI=1S/C11H21N3O/c1-11(2,9-12)6-4-5-7-14-8-10(15)13-3/h14H,4-8H2,1-3H3,(H,13,15). The Morgan fingerprint density at radius 3 is 2.60 bits per heavy atom.